The smallest absolute Gasteiger partial charge is 0.416 e. The van der Waals surface area contributed by atoms with E-state index in [4.69, 9.17) is 9.47 Å². The third kappa shape index (κ3) is 4.34. The summed E-state index contributed by atoms with van der Waals surface area (Å²) in [6.07, 6.45) is -3.57. The van der Waals surface area contributed by atoms with Crippen molar-refractivity contribution in [1.82, 2.24) is 0 Å². The number of ether oxygens (including phenoxy) is 2. The molecule has 2 rings (SSSR count). The van der Waals surface area contributed by atoms with Gasteiger partial charge in [0, 0.05) is 19.3 Å². The number of nitrogens with zero attached hydrogens (tertiary/aromatic N) is 1. The maximum Gasteiger partial charge on any atom is 0.416 e. The molecule has 2 aromatic rings. The van der Waals surface area contributed by atoms with Gasteiger partial charge in [0.15, 0.2) is 11.5 Å². The average Bonchev–Trinajstić information content (AvgIpc) is 2.58. The summed E-state index contributed by atoms with van der Waals surface area (Å²) in [5.41, 5.74) is 1.16. The Hall–Kier alpha value is -2.37. The van der Waals surface area contributed by atoms with E-state index >= 15 is 0 Å². The zero-order valence-corrected chi connectivity index (χ0v) is 13.9. The molecule has 0 atom stereocenters. The van der Waals surface area contributed by atoms with Gasteiger partial charge in [-0.2, -0.15) is 13.2 Å². The number of alkyl halides is 3. The second kappa shape index (κ2) is 7.47. The normalized spacial score (nSPS) is 11.2. The SMILES string of the molecule is COc1ccc(CCN(C)c2ccc(C(F)(F)F)cc2)cc1OC. The highest BCUT2D eigenvalue weighted by molar-refractivity contribution is 5.48. The number of hydrogen-bond donors (Lipinski definition) is 0. The van der Waals surface area contributed by atoms with Gasteiger partial charge in [-0.05, 0) is 48.4 Å². The molecule has 0 amide bonds. The van der Waals surface area contributed by atoms with E-state index in [1.165, 1.54) is 12.1 Å². The highest BCUT2D eigenvalue weighted by Gasteiger charge is 2.30. The molecule has 6 heteroatoms. The second-order valence-electron chi connectivity index (χ2n) is 5.41. The first-order chi connectivity index (χ1) is 11.3. The zero-order valence-electron chi connectivity index (χ0n) is 13.9. The maximum absolute atomic E-state index is 12.6. The van der Waals surface area contributed by atoms with Crippen LogP contribution in [0.25, 0.3) is 0 Å². The topological polar surface area (TPSA) is 21.7 Å². The number of likely N-dealkylation sites (N-methyl/N-ethyl adjacent to an activating group) is 1. The van der Waals surface area contributed by atoms with Crippen molar-refractivity contribution in [3.8, 4) is 11.5 Å². The fraction of sp³-hybridized carbons (Fsp3) is 0.333. The number of benzene rings is 2. The van der Waals surface area contributed by atoms with Crippen molar-refractivity contribution in [2.24, 2.45) is 0 Å². The van der Waals surface area contributed by atoms with E-state index < -0.39 is 11.7 Å². The Balaban J connectivity index is 2.01. The molecule has 0 radical (unpaired) electrons. The summed E-state index contributed by atoms with van der Waals surface area (Å²) in [6.45, 7) is 0.668. The summed E-state index contributed by atoms with van der Waals surface area (Å²) in [4.78, 5) is 1.91. The lowest BCUT2D eigenvalue weighted by molar-refractivity contribution is -0.137. The summed E-state index contributed by atoms with van der Waals surface area (Å²) >= 11 is 0. The van der Waals surface area contributed by atoms with Crippen molar-refractivity contribution in [2.75, 3.05) is 32.7 Å². The van der Waals surface area contributed by atoms with E-state index in [-0.39, 0.29) is 0 Å². The predicted molar refractivity (Wildman–Crippen MR) is 88.0 cm³/mol. The molecule has 130 valence electrons. The van der Waals surface area contributed by atoms with E-state index in [1.54, 1.807) is 14.2 Å². The van der Waals surface area contributed by atoms with Crippen molar-refractivity contribution in [2.45, 2.75) is 12.6 Å². The van der Waals surface area contributed by atoms with Crippen molar-refractivity contribution in [3.63, 3.8) is 0 Å². The predicted octanol–water partition coefficient (Wildman–Crippen LogP) is 4.40. The van der Waals surface area contributed by atoms with Crippen LogP contribution in [-0.2, 0) is 12.6 Å². The van der Waals surface area contributed by atoms with Crippen LogP contribution in [0.15, 0.2) is 42.5 Å². The van der Waals surface area contributed by atoms with E-state index in [2.05, 4.69) is 0 Å². The standard InChI is InChI=1S/C18H20F3NO2/c1-22(15-7-5-14(6-8-15)18(19,20)21)11-10-13-4-9-16(23-2)17(12-13)24-3/h4-9,12H,10-11H2,1-3H3. The Morgan fingerprint density at radius 2 is 1.54 bits per heavy atom. The molecule has 0 unspecified atom stereocenters. The highest BCUT2D eigenvalue weighted by Crippen LogP contribution is 2.31. The fourth-order valence-corrected chi connectivity index (χ4v) is 2.37. The lowest BCUT2D eigenvalue weighted by atomic mass is 10.1. The Bertz CT molecular complexity index is 669. The number of anilines is 1. The molecule has 0 aromatic heterocycles. The van der Waals surface area contributed by atoms with Gasteiger partial charge in [0.25, 0.3) is 0 Å². The van der Waals surface area contributed by atoms with E-state index in [1.807, 2.05) is 30.1 Å². The lowest BCUT2D eigenvalue weighted by Crippen LogP contribution is -2.20. The molecule has 0 aliphatic rings. The van der Waals surface area contributed by atoms with Crippen LogP contribution < -0.4 is 14.4 Å². The van der Waals surface area contributed by atoms with Crippen LogP contribution in [0.1, 0.15) is 11.1 Å². The molecule has 0 fully saturated rings. The quantitative estimate of drug-likeness (QED) is 0.778. The van der Waals surface area contributed by atoms with Crippen molar-refractivity contribution < 1.29 is 22.6 Å². The van der Waals surface area contributed by atoms with E-state index in [9.17, 15) is 13.2 Å². The Kier molecular flexibility index (Phi) is 5.59. The van der Waals surface area contributed by atoms with Crippen molar-refractivity contribution >= 4 is 5.69 Å². The molecule has 3 nitrogen and oxygen atoms in total. The molecule has 24 heavy (non-hydrogen) atoms. The minimum absolute atomic E-state index is 0.639. The van der Waals surface area contributed by atoms with E-state index in [0.29, 0.717) is 18.0 Å². The lowest BCUT2D eigenvalue weighted by Gasteiger charge is -2.20. The monoisotopic (exact) mass is 339 g/mol. The minimum atomic E-state index is -4.31. The van der Waals surface area contributed by atoms with Crippen molar-refractivity contribution in [3.05, 3.63) is 53.6 Å². The minimum Gasteiger partial charge on any atom is -0.493 e. The highest BCUT2D eigenvalue weighted by atomic mass is 19.4. The van der Waals surface area contributed by atoms with Crippen LogP contribution in [0.4, 0.5) is 18.9 Å². The van der Waals surface area contributed by atoms with Crippen molar-refractivity contribution in [1.29, 1.82) is 0 Å². The third-order valence-corrected chi connectivity index (χ3v) is 3.82. The van der Waals surface area contributed by atoms with Gasteiger partial charge >= 0.3 is 6.18 Å². The first kappa shape index (κ1) is 18.0. The Morgan fingerprint density at radius 3 is 2.08 bits per heavy atom. The Morgan fingerprint density at radius 1 is 0.917 bits per heavy atom. The van der Waals surface area contributed by atoms with Crippen LogP contribution in [0.2, 0.25) is 0 Å². The van der Waals surface area contributed by atoms with Gasteiger partial charge in [0.2, 0.25) is 0 Å². The largest absolute Gasteiger partial charge is 0.493 e. The van der Waals surface area contributed by atoms with Crippen LogP contribution >= 0.6 is 0 Å². The number of hydrogen-bond acceptors (Lipinski definition) is 3. The average molecular weight is 339 g/mol. The number of methoxy groups -OCH3 is 2. The van der Waals surface area contributed by atoms with Crippen LogP contribution in [0.3, 0.4) is 0 Å². The molecule has 0 bridgehead atoms. The molecule has 2 aromatic carbocycles. The summed E-state index contributed by atoms with van der Waals surface area (Å²) in [5.74, 6) is 1.32. The third-order valence-electron chi connectivity index (χ3n) is 3.82. The molecule has 0 aliphatic carbocycles. The van der Waals surface area contributed by atoms with Gasteiger partial charge in [-0.3, -0.25) is 0 Å². The molecule has 0 saturated carbocycles. The first-order valence-corrected chi connectivity index (χ1v) is 7.44. The molecule has 0 saturated heterocycles. The summed E-state index contributed by atoms with van der Waals surface area (Å²) in [5, 5.41) is 0. The Labute approximate surface area is 139 Å². The summed E-state index contributed by atoms with van der Waals surface area (Å²) < 4.78 is 48.2. The second-order valence-corrected chi connectivity index (χ2v) is 5.41. The van der Waals surface area contributed by atoms with Crippen LogP contribution in [0.5, 0.6) is 11.5 Å². The van der Waals surface area contributed by atoms with Gasteiger partial charge in [-0.1, -0.05) is 6.07 Å². The number of rotatable bonds is 6. The zero-order chi connectivity index (χ0) is 17.7. The van der Waals surface area contributed by atoms with Gasteiger partial charge in [-0.15, -0.1) is 0 Å². The van der Waals surface area contributed by atoms with Gasteiger partial charge in [-0.25, -0.2) is 0 Å². The fourth-order valence-electron chi connectivity index (χ4n) is 2.37. The number of halogens is 3. The van der Waals surface area contributed by atoms with Gasteiger partial charge in [0.1, 0.15) is 0 Å². The first-order valence-electron chi connectivity index (χ1n) is 7.44. The molecule has 0 N–H and O–H groups in total. The van der Waals surface area contributed by atoms with E-state index in [0.717, 1.165) is 29.8 Å². The molecular formula is C18H20F3NO2. The van der Waals surface area contributed by atoms with Gasteiger partial charge < -0.3 is 14.4 Å². The van der Waals surface area contributed by atoms with Crippen LogP contribution in [0, 0.1) is 0 Å². The molecule has 0 heterocycles. The molecule has 0 spiro atoms. The summed E-state index contributed by atoms with van der Waals surface area (Å²) in [6, 6.07) is 10.9. The molecular weight excluding hydrogens is 319 g/mol. The van der Waals surface area contributed by atoms with Gasteiger partial charge in [0.05, 0.1) is 19.8 Å². The summed E-state index contributed by atoms with van der Waals surface area (Å²) in [7, 11) is 5.01. The van der Waals surface area contributed by atoms with Crippen LogP contribution in [-0.4, -0.2) is 27.8 Å². The maximum atomic E-state index is 12.6. The molecule has 0 aliphatic heterocycles.